The molecule has 8 heteroatoms. The van der Waals surface area contributed by atoms with Gasteiger partial charge in [0.2, 0.25) is 0 Å². The molecule has 2 N–H and O–H groups in total. The van der Waals surface area contributed by atoms with Crippen LogP contribution >= 0.6 is 0 Å². The van der Waals surface area contributed by atoms with Crippen LogP contribution in [0.2, 0.25) is 0 Å². The van der Waals surface area contributed by atoms with Crippen LogP contribution < -0.4 is 5.73 Å². The van der Waals surface area contributed by atoms with Crippen LogP contribution in [0, 0.1) is 31.6 Å². The van der Waals surface area contributed by atoms with Gasteiger partial charge in [0.25, 0.3) is 0 Å². The molecular formula is C57H52N8. The average molecular weight is 849 g/mol. The fourth-order valence-corrected chi connectivity index (χ4v) is 8.79. The molecule has 4 heterocycles. The van der Waals surface area contributed by atoms with E-state index in [1.165, 1.54) is 16.7 Å². The summed E-state index contributed by atoms with van der Waals surface area (Å²) >= 11 is 0. The van der Waals surface area contributed by atoms with Crippen molar-refractivity contribution in [2.45, 2.75) is 54.5 Å². The predicted octanol–water partition coefficient (Wildman–Crippen LogP) is 12.2. The Balaban J connectivity index is 0.00000111. The van der Waals surface area contributed by atoms with Crippen molar-refractivity contribution in [3.8, 4) is 24.7 Å². The van der Waals surface area contributed by atoms with Gasteiger partial charge in [0, 0.05) is 59.2 Å². The highest BCUT2D eigenvalue weighted by Gasteiger charge is 2.30. The van der Waals surface area contributed by atoms with E-state index in [1.807, 2.05) is 46.0 Å². The number of hydrogen-bond donors (Lipinski definition) is 1. The first-order valence-corrected chi connectivity index (χ1v) is 22.0. The average Bonchev–Trinajstić information content (AvgIpc) is 3.99. The van der Waals surface area contributed by atoms with E-state index in [0.29, 0.717) is 23.3 Å². The summed E-state index contributed by atoms with van der Waals surface area (Å²) in [6.07, 6.45) is 19.0. The van der Waals surface area contributed by atoms with Crippen LogP contribution in [0.4, 0.5) is 11.6 Å². The number of allylic oxidation sites excluding steroid dienone is 2. The molecule has 3 aliphatic heterocycles. The molecule has 65 heavy (non-hydrogen) atoms. The first-order chi connectivity index (χ1) is 31.6. The van der Waals surface area contributed by atoms with Gasteiger partial charge in [0.05, 0.1) is 0 Å². The number of nitrogens with zero attached hydrogens (tertiary/aromatic N) is 7. The molecule has 7 aromatic rings. The highest BCUT2D eigenvalue weighted by Crippen LogP contribution is 2.42. The Morgan fingerprint density at radius 1 is 0.708 bits per heavy atom. The molecule has 0 fully saturated rings. The summed E-state index contributed by atoms with van der Waals surface area (Å²) in [5.41, 5.74) is 17.1. The van der Waals surface area contributed by atoms with Gasteiger partial charge >= 0.3 is 0 Å². The van der Waals surface area contributed by atoms with E-state index in [1.54, 1.807) is 13.0 Å². The quantitative estimate of drug-likeness (QED) is 0.175. The Morgan fingerprint density at radius 3 is 1.85 bits per heavy atom. The van der Waals surface area contributed by atoms with Crippen LogP contribution in [0.3, 0.4) is 0 Å². The molecule has 0 atom stereocenters. The molecule has 0 spiro atoms. The lowest BCUT2D eigenvalue weighted by Crippen LogP contribution is -2.20. The summed E-state index contributed by atoms with van der Waals surface area (Å²) < 4.78 is 2.05. The number of rotatable bonds is 5. The molecule has 0 unspecified atom stereocenters. The maximum absolute atomic E-state index is 6.56. The second-order valence-corrected chi connectivity index (χ2v) is 15.9. The van der Waals surface area contributed by atoms with Crippen molar-refractivity contribution in [1.29, 1.82) is 0 Å². The van der Waals surface area contributed by atoms with Crippen LogP contribution in [-0.2, 0) is 20.0 Å². The Bertz CT molecular complexity index is 3390. The van der Waals surface area contributed by atoms with Gasteiger partial charge in [-0.25, -0.2) is 25.0 Å². The fraction of sp³-hybridized carbons (Fsp3) is 0.175. The van der Waals surface area contributed by atoms with E-state index in [-0.39, 0.29) is 0 Å². The third-order valence-electron chi connectivity index (χ3n) is 11.8. The van der Waals surface area contributed by atoms with Gasteiger partial charge in [0.15, 0.2) is 17.5 Å². The van der Waals surface area contributed by atoms with Gasteiger partial charge in [-0.2, -0.15) is 0 Å². The molecule has 0 radical (unpaired) electrons. The predicted molar refractivity (Wildman–Crippen MR) is 277 cm³/mol. The molecule has 0 aliphatic carbocycles. The number of aryl methyl sites for hydroxylation is 2. The van der Waals surface area contributed by atoms with Crippen molar-refractivity contribution in [3.05, 3.63) is 165 Å². The Kier molecular flexibility index (Phi) is 12.3. The summed E-state index contributed by atoms with van der Waals surface area (Å²) in [4.78, 5) is 28.4. The third-order valence-corrected chi connectivity index (χ3v) is 11.8. The van der Waals surface area contributed by atoms with Crippen molar-refractivity contribution in [2.24, 2.45) is 37.7 Å². The number of hydrogen-bond acceptors (Lipinski definition) is 4. The lowest BCUT2D eigenvalue weighted by Gasteiger charge is -2.13. The summed E-state index contributed by atoms with van der Waals surface area (Å²) in [5.74, 6) is 9.46. The zero-order valence-electron chi connectivity index (χ0n) is 38.3. The summed E-state index contributed by atoms with van der Waals surface area (Å²) in [5, 5.41) is 6.35. The molecule has 0 saturated carbocycles. The maximum Gasteiger partial charge on any atom is 0.164 e. The van der Waals surface area contributed by atoms with Crippen molar-refractivity contribution < 1.29 is 0 Å². The lowest BCUT2D eigenvalue weighted by molar-refractivity contribution is 0.524. The van der Waals surface area contributed by atoms with Crippen LogP contribution in [-0.4, -0.2) is 45.7 Å². The third kappa shape index (κ3) is 7.96. The van der Waals surface area contributed by atoms with E-state index in [9.17, 15) is 0 Å². The van der Waals surface area contributed by atoms with Crippen molar-refractivity contribution in [2.75, 3.05) is 7.05 Å². The fourth-order valence-electron chi connectivity index (χ4n) is 8.79. The van der Waals surface area contributed by atoms with Crippen LogP contribution in [0.25, 0.3) is 44.5 Å². The Morgan fingerprint density at radius 2 is 1.26 bits per heavy atom. The summed E-state index contributed by atoms with van der Waals surface area (Å²) in [6.45, 7) is 12.7. The van der Waals surface area contributed by atoms with Crippen molar-refractivity contribution in [1.82, 2.24) is 9.47 Å². The van der Waals surface area contributed by atoms with Gasteiger partial charge < -0.3 is 15.2 Å². The number of aromatic nitrogens is 1. The molecule has 0 bridgehead atoms. The topological polar surface area (TPSA) is 96.0 Å². The zero-order valence-corrected chi connectivity index (χ0v) is 38.3. The van der Waals surface area contributed by atoms with Gasteiger partial charge in [0.1, 0.15) is 23.3 Å². The molecule has 320 valence electrons. The van der Waals surface area contributed by atoms with Crippen molar-refractivity contribution >= 4 is 85.3 Å². The molecule has 0 amide bonds. The molecular weight excluding hydrogens is 797 g/mol. The molecule has 10 rings (SSSR count). The molecule has 6 aromatic carbocycles. The standard InChI is InChI=1S/C52H42N8.C3H4.C2H6/c1-7-10-16-32-23-39-38(21-30(32)4)29-59(5)50(39)56-48-43-25-33(15-8-2)31(9-3)22-42(43)49(55-48)58-52-45-28-37-20-14-13-19-36(37)27-44(45)51(60(52)6)57-47-41-26-35-18-12-11-17-34(35)24-40(41)46(53)54-47;1-3-2;1-2/h1,8,10-28H,9,29H2,2-6H3,(H2,53,54,57);1H,2H3;1-2H3/b15-8-,16-10-,56-50?,58-49-;;. The number of fused-ring (bicyclic) bond motifs is 6. The number of nitrogens with two attached hydrogens (primary N) is 1. The lowest BCUT2D eigenvalue weighted by atomic mass is 9.96. The molecule has 8 nitrogen and oxygen atoms in total. The minimum Gasteiger partial charge on any atom is -0.383 e. The largest absolute Gasteiger partial charge is 0.383 e. The smallest absolute Gasteiger partial charge is 0.164 e. The van der Waals surface area contributed by atoms with Gasteiger partial charge in [-0.05, 0) is 131 Å². The highest BCUT2D eigenvalue weighted by molar-refractivity contribution is 6.27. The van der Waals surface area contributed by atoms with Crippen LogP contribution in [0.15, 0.2) is 134 Å². The zero-order chi connectivity index (χ0) is 45.9. The Hall–Kier alpha value is -8.07. The van der Waals surface area contributed by atoms with E-state index >= 15 is 0 Å². The van der Waals surface area contributed by atoms with Crippen molar-refractivity contribution in [3.63, 3.8) is 0 Å². The van der Waals surface area contributed by atoms with Gasteiger partial charge in [-0.3, -0.25) is 0 Å². The first kappa shape index (κ1) is 43.6. The number of amidine groups is 5. The summed E-state index contributed by atoms with van der Waals surface area (Å²) in [7, 11) is 4.09. The normalized spacial score (nSPS) is 15.5. The minimum absolute atomic E-state index is 0.458. The first-order valence-electron chi connectivity index (χ1n) is 22.0. The van der Waals surface area contributed by atoms with E-state index in [0.717, 1.165) is 102 Å². The number of aliphatic imine (C=N–C) groups is 5. The van der Waals surface area contributed by atoms with E-state index in [4.69, 9.17) is 37.1 Å². The molecule has 0 saturated heterocycles. The Labute approximate surface area is 382 Å². The number of benzene rings is 6. The molecule has 3 aliphatic rings. The second kappa shape index (κ2) is 18.3. The highest BCUT2D eigenvalue weighted by atomic mass is 15.2. The van der Waals surface area contributed by atoms with E-state index < -0.39 is 0 Å². The van der Waals surface area contributed by atoms with Crippen LogP contribution in [0.1, 0.15) is 90.3 Å². The monoisotopic (exact) mass is 848 g/mol. The SMILES string of the molecule is C#C/C=C\c1cc2c(cc1C)CN(C)C2=NC1=N/C(=N\c2c3cc4ccccc4cc3c(/N=C3\N=C(N)c4cc5ccccc5cc43)n2C)c2cc(CC)c(/C=C\C)cc21.C#CC.CC. The maximum atomic E-state index is 6.56. The van der Waals surface area contributed by atoms with Gasteiger partial charge in [-0.15, -0.1) is 18.8 Å². The van der Waals surface area contributed by atoms with E-state index in [2.05, 4.69) is 146 Å². The van der Waals surface area contributed by atoms with Crippen LogP contribution in [0.5, 0.6) is 0 Å². The van der Waals surface area contributed by atoms with Gasteiger partial charge in [-0.1, -0.05) is 93.4 Å². The summed E-state index contributed by atoms with van der Waals surface area (Å²) in [6, 6.07) is 34.1. The molecule has 1 aromatic heterocycles. The number of terminal acetylenes is 2. The second-order valence-electron chi connectivity index (χ2n) is 15.9. The minimum atomic E-state index is 0.458.